The zero-order valence-corrected chi connectivity index (χ0v) is 20.0. The second-order valence-electron chi connectivity index (χ2n) is 9.55. The molecular weight excluding hydrogens is 448 g/mol. The number of carboxylic acids is 1. The Bertz CT molecular complexity index is 1040. The fourth-order valence-corrected chi connectivity index (χ4v) is 4.76. The zero-order valence-electron chi connectivity index (χ0n) is 20.0. The molecule has 2 amide bonds. The summed E-state index contributed by atoms with van der Waals surface area (Å²) in [7, 11) is 0. The molecule has 2 aliphatic rings. The largest absolute Gasteiger partial charge is 0.481 e. The molecule has 35 heavy (non-hydrogen) atoms. The van der Waals surface area contributed by atoms with Crippen LogP contribution in [-0.4, -0.2) is 55.0 Å². The molecule has 0 saturated carbocycles. The number of amides is 2. The van der Waals surface area contributed by atoms with Gasteiger partial charge in [-0.3, -0.25) is 9.59 Å². The molecule has 8 nitrogen and oxygen atoms in total. The van der Waals surface area contributed by atoms with E-state index in [0.717, 1.165) is 22.3 Å². The number of fused-ring (bicyclic) bond motifs is 3. The molecule has 0 radical (unpaired) electrons. The average Bonchev–Trinajstić information content (AvgIpc) is 3.44. The number of hydrogen-bond acceptors (Lipinski definition) is 5. The summed E-state index contributed by atoms with van der Waals surface area (Å²) < 4.78 is 11.1. The SMILES string of the molecule is CC(C)[C@H](CC(=O)NCC1CC(C(=O)O)CO1)NC(=O)OCC1c2ccccc2-c2ccccc21. The van der Waals surface area contributed by atoms with Crippen molar-refractivity contribution in [2.45, 2.75) is 44.8 Å². The van der Waals surface area contributed by atoms with Gasteiger partial charge in [-0.15, -0.1) is 0 Å². The van der Waals surface area contributed by atoms with Crippen molar-refractivity contribution in [1.29, 1.82) is 0 Å². The molecule has 3 N–H and O–H groups in total. The quantitative estimate of drug-likeness (QED) is 0.506. The Labute approximate surface area is 205 Å². The Kier molecular flexibility index (Phi) is 7.70. The van der Waals surface area contributed by atoms with Gasteiger partial charge in [0, 0.05) is 24.9 Å². The molecule has 1 saturated heterocycles. The molecule has 4 rings (SSSR count). The van der Waals surface area contributed by atoms with E-state index in [4.69, 9.17) is 14.6 Å². The van der Waals surface area contributed by atoms with Crippen molar-refractivity contribution in [3.8, 4) is 11.1 Å². The molecule has 1 aliphatic carbocycles. The van der Waals surface area contributed by atoms with E-state index in [9.17, 15) is 14.4 Å². The lowest BCUT2D eigenvalue weighted by molar-refractivity contribution is -0.141. The van der Waals surface area contributed by atoms with Gasteiger partial charge in [-0.05, 0) is 34.6 Å². The first-order chi connectivity index (χ1) is 16.8. The van der Waals surface area contributed by atoms with Gasteiger partial charge in [0.15, 0.2) is 0 Å². The number of alkyl carbamates (subject to hydrolysis) is 1. The molecule has 186 valence electrons. The third-order valence-electron chi connectivity index (χ3n) is 6.81. The number of nitrogens with one attached hydrogen (secondary N) is 2. The molecule has 8 heteroatoms. The van der Waals surface area contributed by atoms with Crippen LogP contribution in [0, 0.1) is 11.8 Å². The van der Waals surface area contributed by atoms with Crippen LogP contribution in [0.3, 0.4) is 0 Å². The molecular formula is C27H32N2O6. The van der Waals surface area contributed by atoms with Crippen molar-refractivity contribution in [3.63, 3.8) is 0 Å². The van der Waals surface area contributed by atoms with Gasteiger partial charge in [-0.1, -0.05) is 62.4 Å². The van der Waals surface area contributed by atoms with Crippen LogP contribution in [0.15, 0.2) is 48.5 Å². The second kappa shape index (κ2) is 10.9. The van der Waals surface area contributed by atoms with Gasteiger partial charge in [0.1, 0.15) is 6.61 Å². The number of rotatable bonds is 9. The van der Waals surface area contributed by atoms with Crippen molar-refractivity contribution in [3.05, 3.63) is 59.7 Å². The minimum Gasteiger partial charge on any atom is -0.481 e. The third kappa shape index (κ3) is 5.82. The highest BCUT2D eigenvalue weighted by atomic mass is 16.5. The smallest absolute Gasteiger partial charge is 0.407 e. The first-order valence-electron chi connectivity index (χ1n) is 12.1. The average molecular weight is 481 g/mol. The van der Waals surface area contributed by atoms with E-state index in [0.29, 0.717) is 6.42 Å². The van der Waals surface area contributed by atoms with Gasteiger partial charge < -0.3 is 25.2 Å². The van der Waals surface area contributed by atoms with Crippen LogP contribution in [0.4, 0.5) is 4.79 Å². The monoisotopic (exact) mass is 480 g/mol. The van der Waals surface area contributed by atoms with Crippen LogP contribution >= 0.6 is 0 Å². The van der Waals surface area contributed by atoms with Gasteiger partial charge in [0.05, 0.1) is 18.6 Å². The second-order valence-corrected chi connectivity index (χ2v) is 9.55. The Balaban J connectivity index is 1.28. The lowest BCUT2D eigenvalue weighted by atomic mass is 9.98. The summed E-state index contributed by atoms with van der Waals surface area (Å²) >= 11 is 0. The summed E-state index contributed by atoms with van der Waals surface area (Å²) in [6.07, 6.45) is -0.396. The summed E-state index contributed by atoms with van der Waals surface area (Å²) in [6.45, 7) is 4.48. The predicted octanol–water partition coefficient (Wildman–Crippen LogP) is 3.55. The Morgan fingerprint density at radius 1 is 1.06 bits per heavy atom. The maximum atomic E-state index is 12.6. The number of carbonyl (C=O) groups excluding carboxylic acids is 2. The van der Waals surface area contributed by atoms with Crippen LogP contribution in [0.5, 0.6) is 0 Å². The highest BCUT2D eigenvalue weighted by Crippen LogP contribution is 2.44. The zero-order chi connectivity index (χ0) is 24.9. The minimum absolute atomic E-state index is 0.0142. The fraction of sp³-hybridized carbons (Fsp3) is 0.444. The van der Waals surface area contributed by atoms with Crippen LogP contribution < -0.4 is 10.6 Å². The summed E-state index contributed by atoms with van der Waals surface area (Å²) in [5.74, 6) is -1.66. The highest BCUT2D eigenvalue weighted by molar-refractivity contribution is 5.79. The standard InChI is InChI=1S/C27H32N2O6/c1-16(2)24(12-25(30)28-13-18-11-17(14-34-18)26(31)32)29-27(33)35-15-23-21-9-5-3-7-19(21)20-8-4-6-10-22(20)23/h3-10,16-18,23-24H,11-15H2,1-2H3,(H,28,30)(H,29,33)(H,31,32)/t17?,18?,24-/m0/s1. The van der Waals surface area contributed by atoms with E-state index in [1.165, 1.54) is 0 Å². The maximum Gasteiger partial charge on any atom is 0.407 e. The molecule has 1 heterocycles. The molecule has 0 spiro atoms. The first kappa shape index (κ1) is 24.7. The molecule has 2 aromatic carbocycles. The number of hydrogen-bond donors (Lipinski definition) is 3. The van der Waals surface area contributed by atoms with Crippen LogP contribution in [0.1, 0.15) is 43.7 Å². The summed E-state index contributed by atoms with van der Waals surface area (Å²) in [5, 5.41) is 14.7. The number of carbonyl (C=O) groups is 3. The van der Waals surface area contributed by atoms with Crippen molar-refractivity contribution < 1.29 is 29.0 Å². The summed E-state index contributed by atoms with van der Waals surface area (Å²) in [4.78, 5) is 36.2. The van der Waals surface area contributed by atoms with E-state index >= 15 is 0 Å². The van der Waals surface area contributed by atoms with Gasteiger partial charge in [0.2, 0.25) is 5.91 Å². The molecule has 3 atom stereocenters. The third-order valence-corrected chi connectivity index (χ3v) is 6.81. The summed E-state index contributed by atoms with van der Waals surface area (Å²) in [6, 6.07) is 15.9. The number of ether oxygens (including phenoxy) is 2. The lowest BCUT2D eigenvalue weighted by Crippen LogP contribution is -2.43. The highest BCUT2D eigenvalue weighted by Gasteiger charge is 2.32. The van der Waals surface area contributed by atoms with E-state index in [2.05, 4.69) is 34.9 Å². The summed E-state index contributed by atoms with van der Waals surface area (Å²) in [5.41, 5.74) is 4.60. The molecule has 1 fully saturated rings. The van der Waals surface area contributed by atoms with Crippen LogP contribution in [-0.2, 0) is 19.1 Å². The fourth-order valence-electron chi connectivity index (χ4n) is 4.76. The number of carboxylic acid groups (broad SMARTS) is 1. The van der Waals surface area contributed by atoms with E-state index < -0.39 is 24.0 Å². The normalized spacial score (nSPS) is 19.6. The van der Waals surface area contributed by atoms with Crippen molar-refractivity contribution in [2.24, 2.45) is 11.8 Å². The minimum atomic E-state index is -0.883. The van der Waals surface area contributed by atoms with Crippen LogP contribution in [0.2, 0.25) is 0 Å². The Hall–Kier alpha value is -3.39. The van der Waals surface area contributed by atoms with Crippen LogP contribution in [0.25, 0.3) is 11.1 Å². The van der Waals surface area contributed by atoms with Gasteiger partial charge in [-0.2, -0.15) is 0 Å². The first-order valence-corrected chi connectivity index (χ1v) is 12.1. The van der Waals surface area contributed by atoms with E-state index in [-0.39, 0.29) is 50.0 Å². The molecule has 1 aliphatic heterocycles. The Morgan fingerprint density at radius 3 is 2.26 bits per heavy atom. The molecule has 2 aromatic rings. The number of benzene rings is 2. The van der Waals surface area contributed by atoms with Crippen molar-refractivity contribution in [1.82, 2.24) is 10.6 Å². The van der Waals surface area contributed by atoms with Gasteiger partial charge in [-0.25, -0.2) is 4.79 Å². The van der Waals surface area contributed by atoms with Crippen molar-refractivity contribution in [2.75, 3.05) is 19.8 Å². The maximum absolute atomic E-state index is 12.6. The lowest BCUT2D eigenvalue weighted by Gasteiger charge is -2.23. The molecule has 0 bridgehead atoms. The molecule has 0 aromatic heterocycles. The Morgan fingerprint density at radius 2 is 1.69 bits per heavy atom. The topological polar surface area (TPSA) is 114 Å². The van der Waals surface area contributed by atoms with E-state index in [1.807, 2.05) is 38.1 Å². The van der Waals surface area contributed by atoms with Gasteiger partial charge in [0.25, 0.3) is 0 Å². The van der Waals surface area contributed by atoms with Crippen molar-refractivity contribution >= 4 is 18.0 Å². The predicted molar refractivity (Wildman–Crippen MR) is 130 cm³/mol. The van der Waals surface area contributed by atoms with Gasteiger partial charge >= 0.3 is 12.1 Å². The molecule has 2 unspecified atom stereocenters. The van der Waals surface area contributed by atoms with E-state index in [1.54, 1.807) is 0 Å². The number of aliphatic carboxylic acids is 1.